The zero-order chi connectivity index (χ0) is 29.3. The lowest BCUT2D eigenvalue weighted by molar-refractivity contribution is -0.00912. The van der Waals surface area contributed by atoms with Crippen molar-refractivity contribution in [2.24, 2.45) is 5.92 Å². The number of nitrogens with one attached hydrogen (secondary N) is 2. The van der Waals surface area contributed by atoms with Gasteiger partial charge in [-0.2, -0.15) is 0 Å². The van der Waals surface area contributed by atoms with Gasteiger partial charge in [0.05, 0.1) is 32.5 Å². The quantitative estimate of drug-likeness (QED) is 0.198. The van der Waals surface area contributed by atoms with E-state index in [4.69, 9.17) is 14.2 Å². The first-order valence-corrected chi connectivity index (χ1v) is 15.4. The number of fused-ring (bicyclic) bond motifs is 1. The van der Waals surface area contributed by atoms with Crippen LogP contribution in [0.4, 0.5) is 4.79 Å². The van der Waals surface area contributed by atoms with E-state index in [1.165, 1.54) is 21.9 Å². The van der Waals surface area contributed by atoms with Crippen LogP contribution in [0.15, 0.2) is 97.1 Å². The summed E-state index contributed by atoms with van der Waals surface area (Å²) in [4.78, 5) is 14.3. The lowest BCUT2D eigenvalue weighted by Crippen LogP contribution is -2.50. The van der Waals surface area contributed by atoms with Gasteiger partial charge in [-0.15, -0.1) is 0 Å². The van der Waals surface area contributed by atoms with Gasteiger partial charge in [0, 0.05) is 45.1 Å². The largest absolute Gasteiger partial charge is 0.494 e. The molecule has 2 N–H and O–H groups in total. The van der Waals surface area contributed by atoms with E-state index in [0.717, 1.165) is 37.4 Å². The maximum atomic E-state index is 12.4. The second-order valence-electron chi connectivity index (χ2n) is 11.5. The molecule has 0 bridgehead atoms. The van der Waals surface area contributed by atoms with E-state index in [0.29, 0.717) is 39.5 Å². The van der Waals surface area contributed by atoms with Crippen LogP contribution < -0.4 is 15.4 Å². The van der Waals surface area contributed by atoms with Crippen molar-refractivity contribution >= 4 is 16.8 Å². The molecule has 2 saturated heterocycles. The monoisotopic (exact) mass is 579 g/mol. The number of benzene rings is 4. The summed E-state index contributed by atoms with van der Waals surface area (Å²) >= 11 is 0. The van der Waals surface area contributed by atoms with Gasteiger partial charge in [-0.1, -0.05) is 78.9 Å². The van der Waals surface area contributed by atoms with E-state index >= 15 is 0 Å². The first kappa shape index (κ1) is 29.2. The van der Waals surface area contributed by atoms with Crippen molar-refractivity contribution in [3.63, 3.8) is 0 Å². The fourth-order valence-corrected chi connectivity index (χ4v) is 6.20. The lowest BCUT2D eigenvalue weighted by Gasteiger charge is -2.40. The molecule has 2 amide bonds. The van der Waals surface area contributed by atoms with Gasteiger partial charge >= 0.3 is 6.03 Å². The fourth-order valence-electron chi connectivity index (χ4n) is 6.20. The van der Waals surface area contributed by atoms with E-state index in [-0.39, 0.29) is 24.0 Å². The molecule has 7 heteroatoms. The molecule has 4 aromatic carbocycles. The molecule has 0 saturated carbocycles. The van der Waals surface area contributed by atoms with Crippen LogP contribution in [0.25, 0.3) is 10.8 Å². The van der Waals surface area contributed by atoms with Crippen LogP contribution >= 0.6 is 0 Å². The second-order valence-corrected chi connectivity index (χ2v) is 11.5. The van der Waals surface area contributed by atoms with Crippen molar-refractivity contribution in [3.8, 4) is 5.75 Å². The number of carbonyl (C=O) groups excluding carboxylic acids is 1. The highest BCUT2D eigenvalue weighted by atomic mass is 16.5. The third-order valence-electron chi connectivity index (χ3n) is 8.42. The maximum Gasteiger partial charge on any atom is 0.317 e. The summed E-state index contributed by atoms with van der Waals surface area (Å²) in [7, 11) is 0. The molecule has 3 unspecified atom stereocenters. The van der Waals surface area contributed by atoms with Crippen LogP contribution in [0.2, 0.25) is 0 Å². The van der Waals surface area contributed by atoms with Crippen LogP contribution in [0, 0.1) is 5.92 Å². The number of hydrogen-bond acceptors (Lipinski definition) is 5. The summed E-state index contributed by atoms with van der Waals surface area (Å²) in [5.41, 5.74) is 3.56. The summed E-state index contributed by atoms with van der Waals surface area (Å²) in [6.07, 6.45) is 0.803. The maximum absolute atomic E-state index is 12.4. The Labute approximate surface area is 254 Å². The predicted molar refractivity (Wildman–Crippen MR) is 169 cm³/mol. The molecule has 0 radical (unpaired) electrons. The number of carbonyl (C=O) groups is 1. The minimum Gasteiger partial charge on any atom is -0.494 e. The topological polar surface area (TPSA) is 72.1 Å². The second kappa shape index (κ2) is 14.5. The Morgan fingerprint density at radius 1 is 0.791 bits per heavy atom. The first-order chi connectivity index (χ1) is 21.2. The van der Waals surface area contributed by atoms with Gasteiger partial charge in [0.25, 0.3) is 0 Å². The van der Waals surface area contributed by atoms with E-state index in [1.54, 1.807) is 0 Å². The highest BCUT2D eigenvalue weighted by Crippen LogP contribution is 2.35. The first-order valence-electron chi connectivity index (χ1n) is 15.4. The highest BCUT2D eigenvalue weighted by Gasteiger charge is 2.37. The third-order valence-corrected chi connectivity index (χ3v) is 8.42. The number of hydrogen-bond donors (Lipinski definition) is 2. The average Bonchev–Trinajstić information content (AvgIpc) is 3.46. The van der Waals surface area contributed by atoms with Crippen LogP contribution in [-0.4, -0.2) is 63.0 Å². The molecule has 0 spiro atoms. The number of piperidine rings is 1. The summed E-state index contributed by atoms with van der Waals surface area (Å²) in [5.74, 6) is 1.23. The van der Waals surface area contributed by atoms with Crippen molar-refractivity contribution in [2.75, 3.05) is 45.9 Å². The van der Waals surface area contributed by atoms with Crippen molar-refractivity contribution < 1.29 is 19.0 Å². The molecule has 43 heavy (non-hydrogen) atoms. The molecule has 6 rings (SSSR count). The standard InChI is InChI=1S/C36H41N3O4/c40-36-38-17-18-39(36)24-32-22-37-23-34(43-26-28-11-12-29-9-4-5-10-31(29)21-28)35(32)30-13-15-33(16-14-30)42-20-6-19-41-25-27-7-2-1-3-8-27/h1-5,7-16,21,32,34-35,37H,6,17-20,22-26H2,(H,38,40). The Kier molecular flexibility index (Phi) is 9.85. The van der Waals surface area contributed by atoms with Gasteiger partial charge in [-0.25, -0.2) is 4.79 Å². The molecule has 2 heterocycles. The summed E-state index contributed by atoms with van der Waals surface area (Å²) in [5, 5.41) is 8.98. The normalized spacial score (nSPS) is 20.3. The van der Waals surface area contributed by atoms with Gasteiger partial charge in [0.2, 0.25) is 0 Å². The Morgan fingerprint density at radius 2 is 1.60 bits per heavy atom. The summed E-state index contributed by atoms with van der Waals surface area (Å²) < 4.78 is 18.5. The number of urea groups is 1. The summed E-state index contributed by atoms with van der Waals surface area (Å²) in [6.45, 7) is 6.17. The predicted octanol–water partition coefficient (Wildman–Crippen LogP) is 5.74. The molecule has 2 aliphatic heterocycles. The number of nitrogens with zero attached hydrogens (tertiary/aromatic N) is 1. The fraction of sp³-hybridized carbons (Fsp3) is 0.361. The van der Waals surface area contributed by atoms with Crippen LogP contribution in [0.1, 0.15) is 29.0 Å². The van der Waals surface area contributed by atoms with E-state index in [1.807, 2.05) is 23.1 Å². The summed E-state index contributed by atoms with van der Waals surface area (Å²) in [6, 6.07) is 33.6. The Bertz CT molecular complexity index is 1460. The molecule has 0 aliphatic carbocycles. The van der Waals surface area contributed by atoms with Crippen molar-refractivity contribution in [1.82, 2.24) is 15.5 Å². The Hall–Kier alpha value is -3.91. The minimum atomic E-state index is -0.0237. The number of rotatable bonds is 13. The van der Waals surface area contributed by atoms with Gasteiger partial charge < -0.3 is 29.7 Å². The Balaban J connectivity index is 1.08. The van der Waals surface area contributed by atoms with E-state index in [2.05, 4.69) is 89.5 Å². The number of amides is 2. The van der Waals surface area contributed by atoms with Crippen LogP contribution in [0.3, 0.4) is 0 Å². The van der Waals surface area contributed by atoms with Gasteiger partial charge in [-0.05, 0) is 51.6 Å². The molecular formula is C36H41N3O4. The van der Waals surface area contributed by atoms with Crippen LogP contribution in [0.5, 0.6) is 5.75 Å². The molecule has 224 valence electrons. The SMILES string of the molecule is O=C1NCCN1CC1CNCC(OCc2ccc3ccccc3c2)C1c1ccc(OCCCOCc2ccccc2)cc1. The van der Waals surface area contributed by atoms with Crippen molar-refractivity contribution in [3.05, 3.63) is 114 Å². The van der Waals surface area contributed by atoms with Crippen molar-refractivity contribution in [2.45, 2.75) is 31.7 Å². The molecule has 2 fully saturated rings. The lowest BCUT2D eigenvalue weighted by atomic mass is 9.78. The zero-order valence-corrected chi connectivity index (χ0v) is 24.6. The molecule has 7 nitrogen and oxygen atoms in total. The molecular weight excluding hydrogens is 538 g/mol. The molecule has 0 aromatic heterocycles. The van der Waals surface area contributed by atoms with Crippen LogP contribution in [-0.2, 0) is 22.7 Å². The molecule has 4 aromatic rings. The van der Waals surface area contributed by atoms with E-state index in [9.17, 15) is 4.79 Å². The van der Waals surface area contributed by atoms with E-state index < -0.39 is 0 Å². The molecule has 3 atom stereocenters. The highest BCUT2D eigenvalue weighted by molar-refractivity contribution is 5.83. The Morgan fingerprint density at radius 3 is 2.42 bits per heavy atom. The van der Waals surface area contributed by atoms with Gasteiger partial charge in [0.1, 0.15) is 5.75 Å². The average molecular weight is 580 g/mol. The smallest absolute Gasteiger partial charge is 0.317 e. The van der Waals surface area contributed by atoms with Gasteiger partial charge in [0.15, 0.2) is 0 Å². The molecule has 2 aliphatic rings. The van der Waals surface area contributed by atoms with Crippen molar-refractivity contribution in [1.29, 1.82) is 0 Å². The number of ether oxygens (including phenoxy) is 3. The minimum absolute atomic E-state index is 0.0226. The zero-order valence-electron chi connectivity index (χ0n) is 24.6. The third kappa shape index (κ3) is 7.73. The van der Waals surface area contributed by atoms with Gasteiger partial charge in [-0.3, -0.25) is 0 Å².